The molecule has 0 atom stereocenters. The highest BCUT2D eigenvalue weighted by atomic mass is 32.2. The summed E-state index contributed by atoms with van der Waals surface area (Å²) in [5, 5.41) is 0. The fourth-order valence-electron chi connectivity index (χ4n) is 1.32. The van der Waals surface area contributed by atoms with Crippen LogP contribution in [0.3, 0.4) is 0 Å². The van der Waals surface area contributed by atoms with Crippen molar-refractivity contribution in [1.82, 2.24) is 0 Å². The van der Waals surface area contributed by atoms with Gasteiger partial charge in [0.2, 0.25) is 0 Å². The molecule has 0 saturated carbocycles. The molecule has 3 heteroatoms. The molecular formula is C12H16O2S. The van der Waals surface area contributed by atoms with Gasteiger partial charge in [-0.3, -0.25) is 0 Å². The third kappa shape index (κ3) is 2.69. The lowest BCUT2D eigenvalue weighted by Crippen LogP contribution is -1.92. The predicted octanol–water partition coefficient (Wildman–Crippen LogP) is 3.46. The van der Waals surface area contributed by atoms with Crippen molar-refractivity contribution in [2.45, 2.75) is 11.8 Å². The first-order chi connectivity index (χ1) is 7.26. The lowest BCUT2D eigenvalue weighted by Gasteiger charge is -2.11. The van der Waals surface area contributed by atoms with E-state index in [1.807, 2.05) is 18.2 Å². The molecule has 0 aliphatic carbocycles. The fraction of sp³-hybridized carbons (Fsp3) is 0.333. The molecule has 1 aromatic carbocycles. The molecule has 1 aromatic rings. The van der Waals surface area contributed by atoms with Gasteiger partial charge < -0.3 is 9.47 Å². The van der Waals surface area contributed by atoms with Crippen LogP contribution >= 0.6 is 11.8 Å². The van der Waals surface area contributed by atoms with Gasteiger partial charge in [0.1, 0.15) is 0 Å². The molecule has 15 heavy (non-hydrogen) atoms. The molecule has 0 unspecified atom stereocenters. The first kappa shape index (κ1) is 12.0. The normalized spacial score (nSPS) is 9.80. The molecule has 0 N–H and O–H groups in total. The van der Waals surface area contributed by atoms with Crippen LogP contribution in [0.1, 0.15) is 12.5 Å². The van der Waals surface area contributed by atoms with E-state index < -0.39 is 0 Å². The van der Waals surface area contributed by atoms with E-state index in [9.17, 15) is 0 Å². The van der Waals surface area contributed by atoms with Crippen molar-refractivity contribution in [1.29, 1.82) is 0 Å². The SMILES string of the molecule is C=Cc1cc(OC)c(OC)cc1SCC. The third-order valence-corrected chi connectivity index (χ3v) is 2.99. The Labute approximate surface area is 95.3 Å². The summed E-state index contributed by atoms with van der Waals surface area (Å²) in [4.78, 5) is 1.17. The Hall–Kier alpha value is -1.09. The summed E-state index contributed by atoms with van der Waals surface area (Å²) >= 11 is 1.77. The topological polar surface area (TPSA) is 18.5 Å². The van der Waals surface area contributed by atoms with Crippen molar-refractivity contribution in [2.75, 3.05) is 20.0 Å². The van der Waals surface area contributed by atoms with Crippen molar-refractivity contribution < 1.29 is 9.47 Å². The quantitative estimate of drug-likeness (QED) is 0.714. The van der Waals surface area contributed by atoms with Crippen molar-refractivity contribution >= 4 is 17.8 Å². The molecular weight excluding hydrogens is 208 g/mol. The van der Waals surface area contributed by atoms with Gasteiger partial charge in [0.05, 0.1) is 14.2 Å². The molecule has 0 heterocycles. The van der Waals surface area contributed by atoms with E-state index >= 15 is 0 Å². The van der Waals surface area contributed by atoms with Crippen LogP contribution in [-0.4, -0.2) is 20.0 Å². The molecule has 0 aromatic heterocycles. The van der Waals surface area contributed by atoms with Crippen LogP contribution in [0.2, 0.25) is 0 Å². The van der Waals surface area contributed by atoms with Crippen molar-refractivity contribution in [3.63, 3.8) is 0 Å². The standard InChI is InChI=1S/C12H16O2S/c1-5-9-7-10(13-3)11(14-4)8-12(9)15-6-2/h5,7-8H,1,6H2,2-4H3. The van der Waals surface area contributed by atoms with E-state index in [4.69, 9.17) is 9.47 Å². The van der Waals surface area contributed by atoms with Gasteiger partial charge in [-0.1, -0.05) is 19.6 Å². The average molecular weight is 224 g/mol. The predicted molar refractivity (Wildman–Crippen MR) is 66.0 cm³/mol. The summed E-state index contributed by atoms with van der Waals surface area (Å²) in [5.74, 6) is 2.53. The number of rotatable bonds is 5. The zero-order valence-corrected chi connectivity index (χ0v) is 10.2. The lowest BCUT2D eigenvalue weighted by atomic mass is 10.2. The van der Waals surface area contributed by atoms with E-state index in [2.05, 4.69) is 13.5 Å². The van der Waals surface area contributed by atoms with E-state index in [0.717, 1.165) is 22.8 Å². The van der Waals surface area contributed by atoms with E-state index in [1.54, 1.807) is 26.0 Å². The Bertz CT molecular complexity index is 348. The maximum absolute atomic E-state index is 5.25. The van der Waals surface area contributed by atoms with E-state index in [0.29, 0.717) is 0 Å². The monoisotopic (exact) mass is 224 g/mol. The molecule has 0 amide bonds. The molecule has 0 aliphatic heterocycles. The number of hydrogen-bond donors (Lipinski definition) is 0. The first-order valence-electron chi connectivity index (χ1n) is 4.78. The number of hydrogen-bond acceptors (Lipinski definition) is 3. The average Bonchev–Trinajstić information content (AvgIpc) is 2.28. The maximum atomic E-state index is 5.25. The molecule has 2 nitrogen and oxygen atoms in total. The Morgan fingerprint density at radius 1 is 1.27 bits per heavy atom. The summed E-state index contributed by atoms with van der Waals surface area (Å²) in [5.41, 5.74) is 1.08. The number of benzene rings is 1. The Morgan fingerprint density at radius 2 is 1.87 bits per heavy atom. The molecule has 0 bridgehead atoms. The summed E-state index contributed by atoms with van der Waals surface area (Å²) < 4.78 is 10.5. The van der Waals surface area contributed by atoms with Crippen LogP contribution in [0, 0.1) is 0 Å². The highest BCUT2D eigenvalue weighted by Crippen LogP contribution is 2.35. The molecule has 0 spiro atoms. The van der Waals surface area contributed by atoms with Gasteiger partial charge in [0.25, 0.3) is 0 Å². The lowest BCUT2D eigenvalue weighted by molar-refractivity contribution is 0.354. The fourth-order valence-corrected chi connectivity index (χ4v) is 2.13. The number of methoxy groups -OCH3 is 2. The first-order valence-corrected chi connectivity index (χ1v) is 5.76. The molecule has 0 radical (unpaired) electrons. The van der Waals surface area contributed by atoms with E-state index in [1.165, 1.54) is 4.90 Å². The molecule has 0 aliphatic rings. The van der Waals surface area contributed by atoms with Gasteiger partial charge in [-0.25, -0.2) is 0 Å². The van der Waals surface area contributed by atoms with Gasteiger partial charge in [-0.05, 0) is 23.4 Å². The Balaban J connectivity index is 3.20. The van der Waals surface area contributed by atoms with Crippen LogP contribution in [0.25, 0.3) is 6.08 Å². The molecule has 0 fully saturated rings. The van der Waals surface area contributed by atoms with Gasteiger partial charge in [0, 0.05) is 4.90 Å². The van der Waals surface area contributed by atoms with Crippen molar-refractivity contribution in [2.24, 2.45) is 0 Å². The second kappa shape index (κ2) is 5.71. The summed E-state index contributed by atoms with van der Waals surface area (Å²) in [7, 11) is 3.28. The van der Waals surface area contributed by atoms with Gasteiger partial charge in [-0.15, -0.1) is 11.8 Å². The van der Waals surface area contributed by atoms with Crippen LogP contribution in [0.15, 0.2) is 23.6 Å². The minimum Gasteiger partial charge on any atom is -0.493 e. The number of thioether (sulfide) groups is 1. The highest BCUT2D eigenvalue weighted by molar-refractivity contribution is 7.99. The maximum Gasteiger partial charge on any atom is 0.161 e. The van der Waals surface area contributed by atoms with Crippen LogP contribution in [0.4, 0.5) is 0 Å². The van der Waals surface area contributed by atoms with Gasteiger partial charge in [0.15, 0.2) is 11.5 Å². The summed E-state index contributed by atoms with van der Waals surface area (Å²) in [6, 6.07) is 3.94. The largest absolute Gasteiger partial charge is 0.493 e. The molecule has 0 saturated heterocycles. The summed E-state index contributed by atoms with van der Waals surface area (Å²) in [6.45, 7) is 5.91. The smallest absolute Gasteiger partial charge is 0.161 e. The van der Waals surface area contributed by atoms with Crippen molar-refractivity contribution in [3.8, 4) is 11.5 Å². The third-order valence-electron chi connectivity index (χ3n) is 2.04. The van der Waals surface area contributed by atoms with Gasteiger partial charge in [-0.2, -0.15) is 0 Å². The zero-order valence-electron chi connectivity index (χ0n) is 9.37. The van der Waals surface area contributed by atoms with Crippen molar-refractivity contribution in [3.05, 3.63) is 24.3 Å². The van der Waals surface area contributed by atoms with Crippen LogP contribution in [-0.2, 0) is 0 Å². The molecule has 82 valence electrons. The van der Waals surface area contributed by atoms with Gasteiger partial charge >= 0.3 is 0 Å². The second-order valence-electron chi connectivity index (χ2n) is 2.88. The Kier molecular flexibility index (Phi) is 4.56. The Morgan fingerprint density at radius 3 is 2.33 bits per heavy atom. The minimum atomic E-state index is 0.743. The highest BCUT2D eigenvalue weighted by Gasteiger charge is 2.08. The van der Waals surface area contributed by atoms with Crippen LogP contribution < -0.4 is 9.47 Å². The molecule has 1 rings (SSSR count). The summed E-state index contributed by atoms with van der Waals surface area (Å²) in [6.07, 6.45) is 1.83. The van der Waals surface area contributed by atoms with Crippen LogP contribution in [0.5, 0.6) is 11.5 Å². The minimum absolute atomic E-state index is 0.743. The zero-order chi connectivity index (χ0) is 11.3. The van der Waals surface area contributed by atoms with E-state index in [-0.39, 0.29) is 0 Å². The number of ether oxygens (including phenoxy) is 2. The second-order valence-corrected chi connectivity index (χ2v) is 4.19.